The van der Waals surface area contributed by atoms with Crippen molar-refractivity contribution in [1.29, 1.82) is 0 Å². The van der Waals surface area contributed by atoms with Crippen molar-refractivity contribution in [3.05, 3.63) is 0 Å². The Morgan fingerprint density at radius 1 is 0.919 bits per heavy atom. The van der Waals surface area contributed by atoms with Gasteiger partial charge in [-0.25, -0.2) is 4.79 Å². The number of hydrogen-bond acceptors (Lipinski definition) is 8. The van der Waals surface area contributed by atoms with Gasteiger partial charge in [0.2, 0.25) is 29.5 Å². The van der Waals surface area contributed by atoms with Crippen LogP contribution in [0.2, 0.25) is 0 Å². The van der Waals surface area contributed by atoms with Crippen LogP contribution in [-0.4, -0.2) is 83.3 Å². The average molecular weight is 547 g/mol. The molecule has 0 fully saturated rings. The lowest BCUT2D eigenvalue weighted by molar-refractivity contribution is -0.143. The fourth-order valence-corrected chi connectivity index (χ4v) is 3.73. The molecule has 0 aromatic rings. The molecule has 0 rings (SSSR count). The molecule has 0 unspecified atom stereocenters. The van der Waals surface area contributed by atoms with Gasteiger partial charge in [-0.1, -0.05) is 34.1 Å². The summed E-state index contributed by atoms with van der Waals surface area (Å²) in [4.78, 5) is 73.3. The van der Waals surface area contributed by atoms with Crippen LogP contribution in [-0.2, 0) is 28.8 Å². The van der Waals surface area contributed by atoms with Gasteiger partial charge in [0.15, 0.2) is 0 Å². The maximum atomic E-state index is 12.9. The summed E-state index contributed by atoms with van der Waals surface area (Å²) in [6.45, 7) is 6.60. The second-order valence-corrected chi connectivity index (χ2v) is 10.3. The Labute approximate surface area is 222 Å². The van der Waals surface area contributed by atoms with Crippen molar-refractivity contribution < 1.29 is 33.9 Å². The van der Waals surface area contributed by atoms with Gasteiger partial charge in [-0.05, 0) is 36.7 Å². The normalized spacial score (nSPS) is 15.0. The van der Waals surface area contributed by atoms with Crippen LogP contribution >= 0.6 is 11.8 Å². The van der Waals surface area contributed by atoms with E-state index < -0.39 is 72.6 Å². The molecule has 14 heteroatoms. The zero-order chi connectivity index (χ0) is 28.7. The summed E-state index contributed by atoms with van der Waals surface area (Å²) in [5.41, 5.74) is 11.1. The minimum atomic E-state index is -1.34. The standard InChI is InChI=1S/C23H42N6O7S/c1-6-13(4)19(23(35)36)29-18(31)11-26-21(33)15(9-12(2)3)28-22(34)16(10-17(25)30)27-20(32)14(24)7-8-37-5/h12-16,19H,6-11,24H2,1-5H3,(H2,25,30)(H,26,33)(H,27,32)(H,28,34)(H,29,31)(H,35,36)/t13-,14-,15-,16-,19-/m0/s1. The highest BCUT2D eigenvalue weighted by Crippen LogP contribution is 2.09. The predicted octanol–water partition coefficient (Wildman–Crippen LogP) is -1.31. The number of carbonyl (C=O) groups is 6. The van der Waals surface area contributed by atoms with Crippen LogP contribution in [0.25, 0.3) is 0 Å². The van der Waals surface area contributed by atoms with Gasteiger partial charge in [0, 0.05) is 0 Å². The Balaban J connectivity index is 5.34. The van der Waals surface area contributed by atoms with Crippen molar-refractivity contribution in [3.63, 3.8) is 0 Å². The van der Waals surface area contributed by atoms with E-state index in [0.29, 0.717) is 18.6 Å². The molecule has 0 heterocycles. The molecule has 0 aliphatic carbocycles. The third-order valence-electron chi connectivity index (χ3n) is 5.57. The number of aliphatic carboxylic acids is 1. The minimum Gasteiger partial charge on any atom is -0.480 e. The first-order chi connectivity index (χ1) is 17.2. The summed E-state index contributed by atoms with van der Waals surface area (Å²) in [5.74, 6) is -4.60. The molecule has 0 radical (unpaired) electrons. The summed E-state index contributed by atoms with van der Waals surface area (Å²) in [7, 11) is 0. The number of amides is 5. The van der Waals surface area contributed by atoms with Crippen LogP contribution in [0.1, 0.15) is 53.4 Å². The molecule has 0 aromatic heterocycles. The molecule has 5 atom stereocenters. The fourth-order valence-electron chi connectivity index (χ4n) is 3.24. The van der Waals surface area contributed by atoms with Gasteiger partial charge < -0.3 is 37.8 Å². The third kappa shape index (κ3) is 13.9. The first-order valence-corrected chi connectivity index (χ1v) is 13.6. The fraction of sp³-hybridized carbons (Fsp3) is 0.739. The third-order valence-corrected chi connectivity index (χ3v) is 6.21. The highest BCUT2D eigenvalue weighted by molar-refractivity contribution is 7.98. The van der Waals surface area contributed by atoms with Gasteiger partial charge in [0.1, 0.15) is 18.1 Å². The van der Waals surface area contributed by atoms with Gasteiger partial charge in [0.25, 0.3) is 0 Å². The molecule has 212 valence electrons. The van der Waals surface area contributed by atoms with Gasteiger partial charge >= 0.3 is 5.97 Å². The van der Waals surface area contributed by atoms with E-state index in [2.05, 4.69) is 21.3 Å². The van der Waals surface area contributed by atoms with Crippen molar-refractivity contribution in [2.45, 2.75) is 77.5 Å². The zero-order valence-electron chi connectivity index (χ0n) is 22.2. The number of carbonyl (C=O) groups excluding carboxylic acids is 5. The van der Waals surface area contributed by atoms with Gasteiger partial charge in [0.05, 0.1) is 19.0 Å². The van der Waals surface area contributed by atoms with E-state index in [0.717, 1.165) is 0 Å². The number of nitrogens with two attached hydrogens (primary N) is 2. The summed E-state index contributed by atoms with van der Waals surface area (Å²) in [6.07, 6.45) is 2.43. The summed E-state index contributed by atoms with van der Waals surface area (Å²) in [6, 6.07) is -4.44. The maximum absolute atomic E-state index is 12.9. The quantitative estimate of drug-likeness (QED) is 0.108. The smallest absolute Gasteiger partial charge is 0.326 e. The summed E-state index contributed by atoms with van der Waals surface area (Å²) in [5, 5.41) is 19.0. The van der Waals surface area contributed by atoms with Crippen LogP contribution in [0.15, 0.2) is 0 Å². The number of thioether (sulfide) groups is 1. The van der Waals surface area contributed by atoms with E-state index in [1.165, 1.54) is 11.8 Å². The van der Waals surface area contributed by atoms with Crippen molar-refractivity contribution in [3.8, 4) is 0 Å². The molecule has 37 heavy (non-hydrogen) atoms. The van der Waals surface area contributed by atoms with E-state index in [9.17, 15) is 33.9 Å². The minimum absolute atomic E-state index is 0.0455. The number of rotatable bonds is 18. The predicted molar refractivity (Wildman–Crippen MR) is 140 cm³/mol. The molecule has 5 amide bonds. The van der Waals surface area contributed by atoms with Crippen molar-refractivity contribution in [2.24, 2.45) is 23.3 Å². The first-order valence-electron chi connectivity index (χ1n) is 12.2. The van der Waals surface area contributed by atoms with Gasteiger partial charge in [-0.2, -0.15) is 11.8 Å². The molecule has 0 saturated carbocycles. The number of nitrogens with one attached hydrogen (secondary N) is 4. The average Bonchev–Trinajstić information content (AvgIpc) is 2.81. The Kier molecular flexibility index (Phi) is 16.2. The van der Waals surface area contributed by atoms with Crippen molar-refractivity contribution in [2.75, 3.05) is 18.6 Å². The second kappa shape index (κ2) is 17.6. The monoisotopic (exact) mass is 546 g/mol. The Bertz CT molecular complexity index is 810. The molecule has 0 saturated heterocycles. The lowest BCUT2D eigenvalue weighted by Gasteiger charge is -2.25. The van der Waals surface area contributed by atoms with Crippen LogP contribution < -0.4 is 32.7 Å². The number of primary amides is 1. The topological polar surface area (TPSA) is 223 Å². The van der Waals surface area contributed by atoms with E-state index in [4.69, 9.17) is 11.5 Å². The molecule has 0 bridgehead atoms. The molecule has 0 aromatic carbocycles. The molecular formula is C23H42N6O7S. The van der Waals surface area contributed by atoms with Crippen LogP contribution in [0.5, 0.6) is 0 Å². The number of hydrogen-bond donors (Lipinski definition) is 7. The van der Waals surface area contributed by atoms with Crippen LogP contribution in [0.3, 0.4) is 0 Å². The Hall–Kier alpha value is -2.87. The van der Waals surface area contributed by atoms with E-state index in [1.54, 1.807) is 13.8 Å². The van der Waals surface area contributed by atoms with Gasteiger partial charge in [-0.3, -0.25) is 24.0 Å². The lowest BCUT2D eigenvalue weighted by Crippen LogP contribution is -2.57. The lowest BCUT2D eigenvalue weighted by atomic mass is 9.99. The molecule has 0 aliphatic heterocycles. The van der Waals surface area contributed by atoms with Crippen molar-refractivity contribution in [1.82, 2.24) is 21.3 Å². The highest BCUT2D eigenvalue weighted by atomic mass is 32.2. The van der Waals surface area contributed by atoms with Crippen LogP contribution in [0, 0.1) is 11.8 Å². The van der Waals surface area contributed by atoms with E-state index in [1.807, 2.05) is 20.1 Å². The Morgan fingerprint density at radius 2 is 1.51 bits per heavy atom. The van der Waals surface area contributed by atoms with E-state index in [-0.39, 0.29) is 18.3 Å². The Morgan fingerprint density at radius 3 is 2.00 bits per heavy atom. The molecule has 13 nitrogen and oxygen atoms in total. The summed E-state index contributed by atoms with van der Waals surface area (Å²) >= 11 is 1.50. The maximum Gasteiger partial charge on any atom is 0.326 e. The second-order valence-electron chi connectivity index (χ2n) is 9.30. The largest absolute Gasteiger partial charge is 0.480 e. The summed E-state index contributed by atoms with van der Waals surface area (Å²) < 4.78 is 0. The zero-order valence-corrected chi connectivity index (χ0v) is 23.0. The highest BCUT2D eigenvalue weighted by Gasteiger charge is 2.30. The number of carboxylic acid groups (broad SMARTS) is 1. The molecular weight excluding hydrogens is 504 g/mol. The van der Waals surface area contributed by atoms with Crippen LogP contribution in [0.4, 0.5) is 0 Å². The number of carboxylic acids is 1. The van der Waals surface area contributed by atoms with E-state index >= 15 is 0 Å². The SMILES string of the molecule is CC[C@H](C)[C@H](NC(=O)CNC(=O)[C@H](CC(C)C)NC(=O)[C@H](CC(N)=O)NC(=O)[C@@H](N)CCSC)C(=O)O. The van der Waals surface area contributed by atoms with Gasteiger partial charge in [-0.15, -0.1) is 0 Å². The molecule has 0 spiro atoms. The first kappa shape index (κ1) is 34.1. The van der Waals surface area contributed by atoms with Crippen molar-refractivity contribution >= 4 is 47.3 Å². The molecule has 0 aliphatic rings. The molecule has 9 N–H and O–H groups in total.